The molecule has 0 aliphatic carbocycles. The van der Waals surface area contributed by atoms with Gasteiger partial charge in [0.15, 0.2) is 0 Å². The zero-order valence-corrected chi connectivity index (χ0v) is 31.5. The lowest BCUT2D eigenvalue weighted by Gasteiger charge is -2.35. The smallest absolute Gasteiger partial charge is 0.411 e. The van der Waals surface area contributed by atoms with Gasteiger partial charge in [-0.25, -0.2) is 14.8 Å². The number of likely N-dealkylation sites (tertiary alicyclic amines) is 2. The summed E-state index contributed by atoms with van der Waals surface area (Å²) in [6.07, 6.45) is 10.2. The Bertz CT molecular complexity index is 1650. The fourth-order valence-corrected chi connectivity index (χ4v) is 6.05. The fourth-order valence-electron chi connectivity index (χ4n) is 6.05. The number of ether oxygens (including phenoxy) is 2. The van der Waals surface area contributed by atoms with E-state index in [1.165, 1.54) is 16.8 Å². The summed E-state index contributed by atoms with van der Waals surface area (Å²) >= 11 is 0. The van der Waals surface area contributed by atoms with Gasteiger partial charge in [-0.1, -0.05) is 31.2 Å². The van der Waals surface area contributed by atoms with Crippen molar-refractivity contribution in [1.29, 1.82) is 0 Å². The molecule has 2 N–H and O–H groups in total. The molecule has 14 heteroatoms. The van der Waals surface area contributed by atoms with E-state index in [0.717, 1.165) is 75.8 Å². The Labute approximate surface area is 311 Å². The Kier molecular flexibility index (Phi) is 15.2. The van der Waals surface area contributed by atoms with Crippen LogP contribution >= 0.6 is 0 Å². The van der Waals surface area contributed by atoms with Crippen molar-refractivity contribution in [2.45, 2.75) is 91.1 Å². The number of carbonyl (C=O) groups is 4. The molecule has 2 aliphatic heterocycles. The molecule has 3 amide bonds. The first-order valence-corrected chi connectivity index (χ1v) is 18.2. The zero-order chi connectivity index (χ0) is 38.4. The second-order valence-corrected chi connectivity index (χ2v) is 14.3. The SMILES string of the molecule is CCc1cccc(-c2cnc(C)c(NC(=O)CN(Cc3ccncn3)C(=O)OC(C)(C)C)c2)c1.O=CN1CCC(OC2CCN(CC(=O)O)CC2)CC1. The molecule has 3 aromatic rings. The van der Waals surface area contributed by atoms with Crippen LogP contribution in [0.5, 0.6) is 0 Å². The maximum Gasteiger partial charge on any atom is 0.411 e. The molecular formula is C39H53N7O7. The Morgan fingerprint density at radius 1 is 1.00 bits per heavy atom. The fraction of sp³-hybridized carbons (Fsp3) is 0.513. The summed E-state index contributed by atoms with van der Waals surface area (Å²) in [6, 6.07) is 11.8. The van der Waals surface area contributed by atoms with E-state index in [1.807, 2.05) is 30.0 Å². The van der Waals surface area contributed by atoms with Crippen LogP contribution in [0.4, 0.5) is 10.5 Å². The normalized spacial score (nSPS) is 15.5. The number of carbonyl (C=O) groups excluding carboxylic acids is 3. The number of hydrogen-bond acceptors (Lipinski definition) is 10. The number of carboxylic acid groups (broad SMARTS) is 1. The summed E-state index contributed by atoms with van der Waals surface area (Å²) < 4.78 is 11.6. The minimum Gasteiger partial charge on any atom is -0.480 e. The van der Waals surface area contributed by atoms with Crippen LogP contribution in [0.3, 0.4) is 0 Å². The van der Waals surface area contributed by atoms with E-state index < -0.39 is 17.7 Å². The highest BCUT2D eigenvalue weighted by Gasteiger charge is 2.27. The van der Waals surface area contributed by atoms with Gasteiger partial charge in [-0.15, -0.1) is 0 Å². The molecule has 2 aliphatic rings. The van der Waals surface area contributed by atoms with Crippen molar-refractivity contribution in [1.82, 2.24) is 29.7 Å². The molecule has 0 radical (unpaired) electrons. The predicted octanol–water partition coefficient (Wildman–Crippen LogP) is 4.96. The first-order chi connectivity index (χ1) is 25.3. The molecular weight excluding hydrogens is 678 g/mol. The predicted molar refractivity (Wildman–Crippen MR) is 200 cm³/mol. The van der Waals surface area contributed by atoms with Crippen LogP contribution in [-0.2, 0) is 36.8 Å². The average Bonchev–Trinajstić information content (AvgIpc) is 3.13. The van der Waals surface area contributed by atoms with E-state index in [9.17, 15) is 19.2 Å². The van der Waals surface area contributed by atoms with Gasteiger partial charge in [-0.3, -0.25) is 29.2 Å². The highest BCUT2D eigenvalue weighted by atomic mass is 16.6. The largest absolute Gasteiger partial charge is 0.480 e. The van der Waals surface area contributed by atoms with Gasteiger partial charge in [0.2, 0.25) is 12.3 Å². The van der Waals surface area contributed by atoms with Crippen LogP contribution in [0.2, 0.25) is 0 Å². The summed E-state index contributed by atoms with van der Waals surface area (Å²) in [6.45, 7) is 12.5. The number of anilines is 1. The van der Waals surface area contributed by atoms with Crippen LogP contribution in [0, 0.1) is 6.92 Å². The number of hydrogen-bond donors (Lipinski definition) is 2. The van der Waals surface area contributed by atoms with Gasteiger partial charge < -0.3 is 24.8 Å². The maximum atomic E-state index is 13.0. The van der Waals surface area contributed by atoms with Crippen LogP contribution in [0.1, 0.15) is 70.3 Å². The number of aliphatic carboxylic acids is 1. The molecule has 5 rings (SSSR count). The third-order valence-electron chi connectivity index (χ3n) is 8.92. The van der Waals surface area contributed by atoms with Crippen molar-refractivity contribution < 1.29 is 33.8 Å². The Morgan fingerprint density at radius 2 is 1.70 bits per heavy atom. The molecule has 0 saturated carbocycles. The standard InChI is InChI=1S/C26H31N5O3.C13H22N2O4/c1-6-19-8-7-9-20(12-19)21-13-23(18(2)28-14-21)30-24(32)16-31(25(33)34-26(3,4)5)15-22-10-11-27-17-29-22;16-10-15-7-3-12(4-8-15)19-11-1-5-14(6-2-11)9-13(17)18/h7-14,17H,6,15-16H2,1-5H3,(H,30,32);10-12H,1-9H2,(H,17,18). The minimum absolute atomic E-state index is 0.117. The summed E-state index contributed by atoms with van der Waals surface area (Å²) in [5, 5.41) is 11.6. The average molecular weight is 732 g/mol. The second-order valence-electron chi connectivity index (χ2n) is 14.3. The molecule has 0 atom stereocenters. The quantitative estimate of drug-likeness (QED) is 0.242. The molecule has 14 nitrogen and oxygen atoms in total. The Balaban J connectivity index is 0.000000278. The molecule has 4 heterocycles. The van der Waals surface area contributed by atoms with Crippen molar-refractivity contribution >= 4 is 30.1 Å². The summed E-state index contributed by atoms with van der Waals surface area (Å²) in [4.78, 5) is 64.6. The highest BCUT2D eigenvalue weighted by molar-refractivity contribution is 5.95. The lowest BCUT2D eigenvalue weighted by atomic mass is 10.0. The number of nitrogens with one attached hydrogen (secondary N) is 1. The Morgan fingerprint density at radius 3 is 2.30 bits per heavy atom. The van der Waals surface area contributed by atoms with Gasteiger partial charge in [0.1, 0.15) is 18.5 Å². The zero-order valence-electron chi connectivity index (χ0n) is 31.5. The number of benzene rings is 1. The van der Waals surface area contributed by atoms with E-state index in [0.29, 0.717) is 17.1 Å². The molecule has 53 heavy (non-hydrogen) atoms. The van der Waals surface area contributed by atoms with Gasteiger partial charge in [0.25, 0.3) is 0 Å². The lowest BCUT2D eigenvalue weighted by molar-refractivity contribution is -0.139. The van der Waals surface area contributed by atoms with E-state index in [4.69, 9.17) is 14.6 Å². The molecule has 2 fully saturated rings. The monoisotopic (exact) mass is 731 g/mol. The van der Waals surface area contributed by atoms with E-state index in [1.54, 1.807) is 44.1 Å². The van der Waals surface area contributed by atoms with Crippen molar-refractivity contribution in [2.24, 2.45) is 0 Å². The number of nitrogens with zero attached hydrogens (tertiary/aromatic N) is 6. The number of carboxylic acids is 1. The van der Waals surface area contributed by atoms with Crippen molar-refractivity contribution in [3.8, 4) is 11.1 Å². The van der Waals surface area contributed by atoms with Crippen molar-refractivity contribution in [3.05, 3.63) is 72.1 Å². The van der Waals surface area contributed by atoms with E-state index >= 15 is 0 Å². The first kappa shape index (κ1) is 40.8. The highest BCUT2D eigenvalue weighted by Crippen LogP contribution is 2.25. The van der Waals surface area contributed by atoms with Crippen LogP contribution in [0.25, 0.3) is 11.1 Å². The number of rotatable bonds is 12. The van der Waals surface area contributed by atoms with Gasteiger partial charge in [-0.2, -0.15) is 0 Å². The summed E-state index contributed by atoms with van der Waals surface area (Å²) in [5.74, 6) is -1.12. The number of pyridine rings is 1. The van der Waals surface area contributed by atoms with Gasteiger partial charge in [0.05, 0.1) is 42.4 Å². The minimum atomic E-state index is -0.763. The molecule has 0 unspecified atom stereocenters. The maximum absolute atomic E-state index is 13.0. The number of piperidine rings is 2. The van der Waals surface area contributed by atoms with E-state index in [2.05, 4.69) is 39.3 Å². The molecule has 2 saturated heterocycles. The van der Waals surface area contributed by atoms with Crippen molar-refractivity contribution in [3.63, 3.8) is 0 Å². The molecule has 0 bridgehead atoms. The van der Waals surface area contributed by atoms with Crippen LogP contribution < -0.4 is 5.32 Å². The number of aryl methyl sites for hydroxylation is 2. The topological polar surface area (TPSA) is 167 Å². The van der Waals surface area contributed by atoms with Crippen LogP contribution in [-0.4, -0.2) is 116 Å². The third-order valence-corrected chi connectivity index (χ3v) is 8.92. The van der Waals surface area contributed by atoms with E-state index in [-0.39, 0.29) is 37.7 Å². The first-order valence-electron chi connectivity index (χ1n) is 18.2. The lowest BCUT2D eigenvalue weighted by Crippen LogP contribution is -2.43. The second kappa shape index (κ2) is 19.8. The number of amides is 3. The summed E-state index contributed by atoms with van der Waals surface area (Å²) in [7, 11) is 0. The molecule has 0 spiro atoms. The van der Waals surface area contributed by atoms with Crippen LogP contribution in [0.15, 0.2) is 55.1 Å². The molecule has 286 valence electrons. The van der Waals surface area contributed by atoms with Gasteiger partial charge in [0, 0.05) is 44.1 Å². The summed E-state index contributed by atoms with van der Waals surface area (Å²) in [5.41, 5.74) is 4.34. The third kappa shape index (κ3) is 13.8. The van der Waals surface area contributed by atoms with Crippen molar-refractivity contribution in [2.75, 3.05) is 44.6 Å². The van der Waals surface area contributed by atoms with Gasteiger partial charge >= 0.3 is 12.1 Å². The number of aromatic nitrogens is 3. The molecule has 2 aromatic heterocycles. The van der Waals surface area contributed by atoms with Gasteiger partial charge in [-0.05, 0) is 83.1 Å². The molecule has 1 aromatic carbocycles. The Hall–Kier alpha value is -4.95.